The molecule has 1 fully saturated rings. The second-order valence-corrected chi connectivity index (χ2v) is 9.69. The second kappa shape index (κ2) is 7.81. The summed E-state index contributed by atoms with van der Waals surface area (Å²) in [4.78, 5) is 19.7. The average molecular weight is 424 g/mol. The quantitative estimate of drug-likeness (QED) is 0.648. The van der Waals surface area contributed by atoms with Gasteiger partial charge in [-0.15, -0.1) is 0 Å². The van der Waals surface area contributed by atoms with Crippen molar-refractivity contribution in [1.29, 1.82) is 0 Å². The summed E-state index contributed by atoms with van der Waals surface area (Å²) in [6, 6.07) is 15.0. The van der Waals surface area contributed by atoms with Crippen LogP contribution in [0.4, 0.5) is 0 Å². The molecule has 1 saturated heterocycles. The first-order chi connectivity index (χ1) is 14.3. The summed E-state index contributed by atoms with van der Waals surface area (Å²) >= 11 is 0. The van der Waals surface area contributed by atoms with E-state index in [-0.39, 0.29) is 19.0 Å². The Labute approximate surface area is 177 Å². The lowest BCUT2D eigenvalue weighted by Crippen LogP contribution is -2.50. The van der Waals surface area contributed by atoms with E-state index in [0.29, 0.717) is 29.2 Å². The van der Waals surface area contributed by atoms with E-state index in [9.17, 15) is 13.2 Å². The van der Waals surface area contributed by atoms with Crippen LogP contribution in [-0.4, -0.2) is 54.7 Å². The van der Waals surface area contributed by atoms with Gasteiger partial charge in [0.05, 0.1) is 21.7 Å². The summed E-state index contributed by atoms with van der Waals surface area (Å²) in [5, 5.41) is 0.919. The van der Waals surface area contributed by atoms with Crippen LogP contribution in [0.2, 0.25) is 0 Å². The lowest BCUT2D eigenvalue weighted by Gasteiger charge is -2.34. The van der Waals surface area contributed by atoms with Crippen LogP contribution in [0, 0.1) is 20.8 Å². The molecule has 1 aliphatic rings. The minimum Gasteiger partial charge on any atom is -0.336 e. The highest BCUT2D eigenvalue weighted by atomic mass is 32.2. The molecule has 0 spiro atoms. The van der Waals surface area contributed by atoms with Gasteiger partial charge < -0.3 is 4.90 Å². The summed E-state index contributed by atoms with van der Waals surface area (Å²) in [7, 11) is -3.58. The summed E-state index contributed by atoms with van der Waals surface area (Å²) in [6.07, 6.45) is 0. The van der Waals surface area contributed by atoms with Crippen molar-refractivity contribution in [3.8, 4) is 0 Å². The number of aryl methyl sites for hydroxylation is 3. The van der Waals surface area contributed by atoms with Crippen LogP contribution in [0.1, 0.15) is 27.2 Å². The van der Waals surface area contributed by atoms with E-state index in [1.54, 1.807) is 11.0 Å². The molecule has 156 valence electrons. The highest BCUT2D eigenvalue weighted by Crippen LogP contribution is 2.24. The van der Waals surface area contributed by atoms with Crippen molar-refractivity contribution in [2.24, 2.45) is 0 Å². The molecule has 4 rings (SSSR count). The number of fused-ring (bicyclic) bond motifs is 1. The molecule has 0 N–H and O–H groups in total. The summed E-state index contributed by atoms with van der Waals surface area (Å²) in [5.41, 5.74) is 3.75. The van der Waals surface area contributed by atoms with Gasteiger partial charge in [0.15, 0.2) is 0 Å². The zero-order valence-corrected chi connectivity index (χ0v) is 18.2. The van der Waals surface area contributed by atoms with Crippen molar-refractivity contribution in [3.63, 3.8) is 0 Å². The molecule has 30 heavy (non-hydrogen) atoms. The topological polar surface area (TPSA) is 70.6 Å². The molecule has 0 aliphatic carbocycles. The number of hydrogen-bond acceptors (Lipinski definition) is 4. The Morgan fingerprint density at radius 2 is 1.63 bits per heavy atom. The molecule has 0 atom stereocenters. The number of carbonyl (C=O) groups is 1. The molecule has 1 amide bonds. The summed E-state index contributed by atoms with van der Waals surface area (Å²) in [5.74, 6) is -0.102. The van der Waals surface area contributed by atoms with Gasteiger partial charge in [-0.05, 0) is 50.1 Å². The Morgan fingerprint density at radius 1 is 0.933 bits per heavy atom. The minimum absolute atomic E-state index is 0.102. The lowest BCUT2D eigenvalue weighted by molar-refractivity contribution is 0.0697. The molecule has 0 unspecified atom stereocenters. The second-order valence-electron chi connectivity index (χ2n) is 7.78. The standard InChI is InChI=1S/C23H25N3O3S/c1-16-8-9-17(2)22(14-16)30(28,29)26-12-10-25(11-13-26)23(27)20-15-19-6-4-5-7-21(19)24-18(20)3/h4-9,14-15H,10-13H2,1-3H3. The molecular formula is C23H25N3O3S. The van der Waals surface area contributed by atoms with Crippen LogP contribution in [0.15, 0.2) is 53.4 Å². The van der Waals surface area contributed by atoms with Crippen LogP contribution in [0.25, 0.3) is 10.9 Å². The summed E-state index contributed by atoms with van der Waals surface area (Å²) in [6.45, 7) is 6.80. The summed E-state index contributed by atoms with van der Waals surface area (Å²) < 4.78 is 27.7. The number of nitrogens with zero attached hydrogens (tertiary/aromatic N) is 3. The average Bonchev–Trinajstić information content (AvgIpc) is 2.74. The monoisotopic (exact) mass is 423 g/mol. The van der Waals surface area contributed by atoms with E-state index in [0.717, 1.165) is 22.0 Å². The number of pyridine rings is 1. The van der Waals surface area contributed by atoms with E-state index in [2.05, 4.69) is 4.98 Å². The number of rotatable bonds is 3. The minimum atomic E-state index is -3.58. The van der Waals surface area contributed by atoms with E-state index in [1.807, 2.05) is 63.2 Å². The van der Waals surface area contributed by atoms with Gasteiger partial charge in [0.25, 0.3) is 5.91 Å². The fourth-order valence-electron chi connectivity index (χ4n) is 3.85. The molecule has 6 nitrogen and oxygen atoms in total. The van der Waals surface area contributed by atoms with Crippen LogP contribution >= 0.6 is 0 Å². The number of piperazine rings is 1. The third kappa shape index (κ3) is 3.70. The molecule has 1 aliphatic heterocycles. The maximum Gasteiger partial charge on any atom is 0.255 e. The Hall–Kier alpha value is -2.77. The van der Waals surface area contributed by atoms with Gasteiger partial charge in [-0.2, -0.15) is 4.31 Å². The van der Waals surface area contributed by atoms with Crippen molar-refractivity contribution < 1.29 is 13.2 Å². The number of amides is 1. The van der Waals surface area contributed by atoms with Gasteiger partial charge in [0.2, 0.25) is 10.0 Å². The molecule has 0 bridgehead atoms. The van der Waals surface area contributed by atoms with Crippen LogP contribution in [-0.2, 0) is 10.0 Å². The van der Waals surface area contributed by atoms with E-state index in [1.165, 1.54) is 4.31 Å². The smallest absolute Gasteiger partial charge is 0.255 e. The van der Waals surface area contributed by atoms with Gasteiger partial charge in [0, 0.05) is 31.6 Å². The predicted molar refractivity (Wildman–Crippen MR) is 117 cm³/mol. The number of sulfonamides is 1. The largest absolute Gasteiger partial charge is 0.336 e. The lowest BCUT2D eigenvalue weighted by atomic mass is 10.1. The first kappa shape index (κ1) is 20.5. The van der Waals surface area contributed by atoms with E-state index in [4.69, 9.17) is 0 Å². The first-order valence-electron chi connectivity index (χ1n) is 10.0. The van der Waals surface area contributed by atoms with Gasteiger partial charge in [0.1, 0.15) is 0 Å². The maximum atomic E-state index is 13.1. The molecule has 0 radical (unpaired) electrons. The van der Waals surface area contributed by atoms with Crippen molar-refractivity contribution in [2.45, 2.75) is 25.7 Å². The van der Waals surface area contributed by atoms with Gasteiger partial charge >= 0.3 is 0 Å². The fourth-order valence-corrected chi connectivity index (χ4v) is 5.59. The normalized spacial score (nSPS) is 15.5. The zero-order valence-electron chi connectivity index (χ0n) is 17.4. The predicted octanol–water partition coefficient (Wildman–Crippen LogP) is 3.31. The van der Waals surface area contributed by atoms with Crippen LogP contribution in [0.3, 0.4) is 0 Å². The van der Waals surface area contributed by atoms with Crippen molar-refractivity contribution in [1.82, 2.24) is 14.2 Å². The third-order valence-electron chi connectivity index (χ3n) is 5.63. The van der Waals surface area contributed by atoms with E-state index >= 15 is 0 Å². The molecule has 3 aromatic rings. The first-order valence-corrected chi connectivity index (χ1v) is 11.4. The highest BCUT2D eigenvalue weighted by molar-refractivity contribution is 7.89. The van der Waals surface area contributed by atoms with Gasteiger partial charge in [-0.25, -0.2) is 8.42 Å². The number of carbonyl (C=O) groups excluding carboxylic acids is 1. The van der Waals surface area contributed by atoms with Crippen molar-refractivity contribution >= 4 is 26.8 Å². The van der Waals surface area contributed by atoms with E-state index < -0.39 is 10.0 Å². The Morgan fingerprint density at radius 3 is 2.37 bits per heavy atom. The SMILES string of the molecule is Cc1ccc(C)c(S(=O)(=O)N2CCN(C(=O)c3cc4ccccc4nc3C)CC2)c1. The molecule has 7 heteroatoms. The van der Waals surface area contributed by atoms with Crippen LogP contribution in [0.5, 0.6) is 0 Å². The highest BCUT2D eigenvalue weighted by Gasteiger charge is 2.31. The fraction of sp³-hybridized carbons (Fsp3) is 0.304. The van der Waals surface area contributed by atoms with Gasteiger partial charge in [-0.3, -0.25) is 9.78 Å². The number of aromatic nitrogens is 1. The Balaban J connectivity index is 1.53. The molecule has 1 aromatic heterocycles. The zero-order chi connectivity index (χ0) is 21.5. The van der Waals surface area contributed by atoms with Gasteiger partial charge in [-0.1, -0.05) is 30.3 Å². The van der Waals surface area contributed by atoms with Crippen molar-refractivity contribution in [3.05, 3.63) is 70.9 Å². The molecule has 2 heterocycles. The third-order valence-corrected chi connectivity index (χ3v) is 7.67. The molecular weight excluding hydrogens is 398 g/mol. The molecule has 0 saturated carbocycles. The van der Waals surface area contributed by atoms with Crippen molar-refractivity contribution in [2.75, 3.05) is 26.2 Å². The maximum absolute atomic E-state index is 13.1. The van der Waals surface area contributed by atoms with Crippen LogP contribution < -0.4 is 0 Å². The molecule has 2 aromatic carbocycles. The Kier molecular flexibility index (Phi) is 5.34. The Bertz CT molecular complexity index is 1230. The number of hydrogen-bond donors (Lipinski definition) is 0. The number of benzene rings is 2. The number of para-hydroxylation sites is 1.